The van der Waals surface area contributed by atoms with Gasteiger partial charge in [-0.3, -0.25) is 4.79 Å². The zero-order valence-corrected chi connectivity index (χ0v) is 10.7. The van der Waals surface area contributed by atoms with E-state index in [1.165, 1.54) is 0 Å². The Hall–Kier alpha value is -1.89. The van der Waals surface area contributed by atoms with Crippen LogP contribution in [0.4, 0.5) is 0 Å². The molecule has 1 heterocycles. The van der Waals surface area contributed by atoms with E-state index in [1.54, 1.807) is 13.1 Å². The minimum atomic E-state index is -0.276. The molecular weight excluding hydrogens is 214 g/mol. The minimum absolute atomic E-state index is 0.112. The maximum absolute atomic E-state index is 11.4. The molecule has 1 rings (SSSR count). The number of carbonyl (C=O) groups excluding carboxylic acids is 1. The standard InChI is InChI=1S/C13H17N3O/c1-5-13(2,3)9-6-7-10(12(17)15-4)16-11(9)8-14/h6-7H,5H2,1-4H3,(H,15,17). The van der Waals surface area contributed by atoms with Crippen LogP contribution in [0.5, 0.6) is 0 Å². The summed E-state index contributed by atoms with van der Waals surface area (Å²) in [5.41, 5.74) is 1.38. The summed E-state index contributed by atoms with van der Waals surface area (Å²) in [6.45, 7) is 6.18. The van der Waals surface area contributed by atoms with E-state index in [0.717, 1.165) is 12.0 Å². The molecule has 0 aliphatic heterocycles. The van der Waals surface area contributed by atoms with Crippen LogP contribution in [0.15, 0.2) is 12.1 Å². The number of carbonyl (C=O) groups is 1. The summed E-state index contributed by atoms with van der Waals surface area (Å²) < 4.78 is 0. The summed E-state index contributed by atoms with van der Waals surface area (Å²) >= 11 is 0. The molecule has 90 valence electrons. The highest BCUT2D eigenvalue weighted by atomic mass is 16.1. The molecule has 0 aromatic carbocycles. The molecule has 0 radical (unpaired) electrons. The number of nitrogens with zero attached hydrogens (tertiary/aromatic N) is 2. The van der Waals surface area contributed by atoms with Crippen molar-refractivity contribution in [2.75, 3.05) is 7.05 Å². The quantitative estimate of drug-likeness (QED) is 0.865. The summed E-state index contributed by atoms with van der Waals surface area (Å²) in [5.74, 6) is -0.276. The molecule has 0 atom stereocenters. The van der Waals surface area contributed by atoms with Crippen molar-refractivity contribution in [2.24, 2.45) is 0 Å². The summed E-state index contributed by atoms with van der Waals surface area (Å²) in [5, 5.41) is 11.6. The van der Waals surface area contributed by atoms with Crippen molar-refractivity contribution in [3.05, 3.63) is 29.1 Å². The highest BCUT2D eigenvalue weighted by Gasteiger charge is 2.23. The first-order chi connectivity index (χ1) is 7.96. The third-order valence-electron chi connectivity index (χ3n) is 3.07. The first kappa shape index (κ1) is 13.2. The lowest BCUT2D eigenvalue weighted by molar-refractivity contribution is 0.0958. The van der Waals surface area contributed by atoms with Crippen LogP contribution < -0.4 is 5.32 Å². The maximum Gasteiger partial charge on any atom is 0.269 e. The largest absolute Gasteiger partial charge is 0.354 e. The summed E-state index contributed by atoms with van der Waals surface area (Å²) in [6.07, 6.45) is 0.905. The molecule has 0 saturated heterocycles. The first-order valence-electron chi connectivity index (χ1n) is 5.60. The zero-order chi connectivity index (χ0) is 13.1. The SMILES string of the molecule is CCC(C)(C)c1ccc(C(=O)NC)nc1C#N. The number of rotatable bonds is 3. The van der Waals surface area contributed by atoms with Crippen molar-refractivity contribution < 1.29 is 4.79 Å². The number of nitriles is 1. The number of pyridine rings is 1. The first-order valence-corrected chi connectivity index (χ1v) is 5.60. The highest BCUT2D eigenvalue weighted by molar-refractivity contribution is 5.92. The molecule has 17 heavy (non-hydrogen) atoms. The van der Waals surface area contributed by atoms with Gasteiger partial charge in [-0.05, 0) is 23.5 Å². The van der Waals surface area contributed by atoms with Gasteiger partial charge in [0.2, 0.25) is 0 Å². The zero-order valence-electron chi connectivity index (χ0n) is 10.7. The molecule has 0 aliphatic carbocycles. The molecule has 0 aliphatic rings. The fraction of sp³-hybridized carbons (Fsp3) is 0.462. The Morgan fingerprint density at radius 1 is 1.53 bits per heavy atom. The van der Waals surface area contributed by atoms with Gasteiger partial charge >= 0.3 is 0 Å². The van der Waals surface area contributed by atoms with E-state index in [4.69, 9.17) is 5.26 Å². The van der Waals surface area contributed by atoms with Gasteiger partial charge in [-0.1, -0.05) is 26.8 Å². The number of hydrogen-bond acceptors (Lipinski definition) is 3. The smallest absolute Gasteiger partial charge is 0.269 e. The number of amides is 1. The van der Waals surface area contributed by atoms with Crippen LogP contribution in [-0.4, -0.2) is 17.9 Å². The Kier molecular flexibility index (Phi) is 3.84. The molecule has 0 bridgehead atoms. The van der Waals surface area contributed by atoms with Gasteiger partial charge in [0.25, 0.3) is 5.91 Å². The van der Waals surface area contributed by atoms with E-state index in [-0.39, 0.29) is 17.0 Å². The van der Waals surface area contributed by atoms with Gasteiger partial charge in [-0.15, -0.1) is 0 Å². The van der Waals surface area contributed by atoms with E-state index in [9.17, 15) is 4.79 Å². The molecule has 1 amide bonds. The van der Waals surface area contributed by atoms with E-state index >= 15 is 0 Å². The molecule has 1 N–H and O–H groups in total. The predicted octanol–water partition coefficient (Wildman–Crippen LogP) is 2.00. The average molecular weight is 231 g/mol. The second-order valence-corrected chi connectivity index (χ2v) is 4.52. The Balaban J connectivity index is 3.30. The monoisotopic (exact) mass is 231 g/mol. The Labute approximate surface area is 102 Å². The van der Waals surface area contributed by atoms with Crippen LogP contribution in [-0.2, 0) is 5.41 Å². The lowest BCUT2D eigenvalue weighted by atomic mass is 9.81. The molecule has 1 aromatic heterocycles. The van der Waals surface area contributed by atoms with Crippen molar-refractivity contribution in [3.63, 3.8) is 0 Å². The van der Waals surface area contributed by atoms with Crippen LogP contribution in [0.2, 0.25) is 0 Å². The molecule has 4 nitrogen and oxygen atoms in total. The normalized spacial score (nSPS) is 10.8. The van der Waals surface area contributed by atoms with E-state index in [2.05, 4.69) is 37.1 Å². The van der Waals surface area contributed by atoms with Crippen LogP contribution >= 0.6 is 0 Å². The second kappa shape index (κ2) is 4.96. The van der Waals surface area contributed by atoms with Crippen LogP contribution in [0.25, 0.3) is 0 Å². The summed E-state index contributed by atoms with van der Waals surface area (Å²) in [6, 6.07) is 5.54. The van der Waals surface area contributed by atoms with Gasteiger partial charge in [-0.25, -0.2) is 4.98 Å². The molecule has 0 fully saturated rings. The lowest BCUT2D eigenvalue weighted by Gasteiger charge is -2.23. The van der Waals surface area contributed by atoms with Crippen molar-refractivity contribution in [1.29, 1.82) is 5.26 Å². The second-order valence-electron chi connectivity index (χ2n) is 4.52. The van der Waals surface area contributed by atoms with Gasteiger partial charge in [0.05, 0.1) is 0 Å². The third kappa shape index (κ3) is 2.62. The topological polar surface area (TPSA) is 65.8 Å². The molecule has 4 heteroatoms. The van der Waals surface area contributed by atoms with Crippen molar-refractivity contribution in [3.8, 4) is 6.07 Å². The van der Waals surface area contributed by atoms with Crippen LogP contribution in [0, 0.1) is 11.3 Å². The predicted molar refractivity (Wildman–Crippen MR) is 65.7 cm³/mol. The summed E-state index contributed by atoms with van der Waals surface area (Å²) in [4.78, 5) is 15.5. The van der Waals surface area contributed by atoms with E-state index in [1.807, 2.05) is 6.07 Å². The van der Waals surface area contributed by atoms with Crippen molar-refractivity contribution >= 4 is 5.91 Å². The van der Waals surface area contributed by atoms with Crippen molar-refractivity contribution in [1.82, 2.24) is 10.3 Å². The molecule has 1 aromatic rings. The number of nitrogens with one attached hydrogen (secondary N) is 1. The fourth-order valence-corrected chi connectivity index (χ4v) is 1.54. The maximum atomic E-state index is 11.4. The Morgan fingerprint density at radius 3 is 2.65 bits per heavy atom. The minimum Gasteiger partial charge on any atom is -0.354 e. The number of hydrogen-bond donors (Lipinski definition) is 1. The average Bonchev–Trinajstić information content (AvgIpc) is 2.36. The molecule has 0 saturated carbocycles. The molecule has 0 unspecified atom stereocenters. The van der Waals surface area contributed by atoms with Gasteiger partial charge < -0.3 is 5.32 Å². The molecular formula is C13H17N3O. The highest BCUT2D eigenvalue weighted by Crippen LogP contribution is 2.28. The fourth-order valence-electron chi connectivity index (χ4n) is 1.54. The van der Waals surface area contributed by atoms with Crippen LogP contribution in [0.3, 0.4) is 0 Å². The lowest BCUT2D eigenvalue weighted by Crippen LogP contribution is -2.22. The number of aromatic nitrogens is 1. The van der Waals surface area contributed by atoms with Crippen molar-refractivity contribution in [2.45, 2.75) is 32.6 Å². The van der Waals surface area contributed by atoms with Crippen LogP contribution in [0.1, 0.15) is 48.9 Å². The van der Waals surface area contributed by atoms with E-state index in [0.29, 0.717) is 5.69 Å². The van der Waals surface area contributed by atoms with E-state index < -0.39 is 0 Å². The molecule has 0 spiro atoms. The van der Waals surface area contributed by atoms with Gasteiger partial charge in [0, 0.05) is 7.05 Å². The Morgan fingerprint density at radius 2 is 2.18 bits per heavy atom. The van der Waals surface area contributed by atoms with Gasteiger partial charge in [-0.2, -0.15) is 5.26 Å². The summed E-state index contributed by atoms with van der Waals surface area (Å²) in [7, 11) is 1.54. The Bertz CT molecular complexity index is 472. The van der Waals surface area contributed by atoms with Gasteiger partial charge in [0.1, 0.15) is 17.5 Å². The van der Waals surface area contributed by atoms with Gasteiger partial charge in [0.15, 0.2) is 0 Å². The third-order valence-corrected chi connectivity index (χ3v) is 3.07.